The van der Waals surface area contributed by atoms with E-state index in [-0.39, 0.29) is 0 Å². The van der Waals surface area contributed by atoms with E-state index in [0.717, 1.165) is 11.3 Å². The van der Waals surface area contributed by atoms with Crippen molar-refractivity contribution in [3.05, 3.63) is 41.2 Å². The second kappa shape index (κ2) is 6.34. The maximum absolute atomic E-state index is 5.80. The highest BCUT2D eigenvalue weighted by Crippen LogP contribution is 2.21. The number of aryl methyl sites for hydroxylation is 2. The molecule has 0 amide bonds. The summed E-state index contributed by atoms with van der Waals surface area (Å²) in [7, 11) is 0. The molecule has 2 rings (SSSR count). The van der Waals surface area contributed by atoms with Crippen LogP contribution in [0.4, 0.5) is 17.3 Å². The lowest BCUT2D eigenvalue weighted by Gasteiger charge is -2.11. The fourth-order valence-electron chi connectivity index (χ4n) is 1.93. The van der Waals surface area contributed by atoms with Crippen LogP contribution in [0.5, 0.6) is 0 Å². The molecule has 0 atom stereocenters. The highest BCUT2D eigenvalue weighted by Gasteiger charge is 2.05. The lowest BCUT2D eigenvalue weighted by atomic mass is 10.1. The Morgan fingerprint density at radius 2 is 2.00 bits per heavy atom. The Bertz CT molecular complexity index is 598. The zero-order valence-electron chi connectivity index (χ0n) is 12.1. The Morgan fingerprint density at radius 3 is 2.70 bits per heavy atom. The number of nitrogen functional groups attached to an aromatic ring is 1. The SMILES string of the molecule is CCOCc1nc(N)cc(Nc2ccc(C)cc2C)n1. The van der Waals surface area contributed by atoms with E-state index in [1.165, 1.54) is 5.56 Å². The molecule has 106 valence electrons. The van der Waals surface area contributed by atoms with Crippen LogP contribution in [0.25, 0.3) is 0 Å². The molecule has 3 N–H and O–H groups in total. The number of anilines is 3. The van der Waals surface area contributed by atoms with E-state index < -0.39 is 0 Å². The van der Waals surface area contributed by atoms with Crippen LogP contribution in [-0.4, -0.2) is 16.6 Å². The van der Waals surface area contributed by atoms with Gasteiger partial charge in [0.25, 0.3) is 0 Å². The largest absolute Gasteiger partial charge is 0.384 e. The van der Waals surface area contributed by atoms with Crippen LogP contribution in [-0.2, 0) is 11.3 Å². The molecule has 0 saturated heterocycles. The number of ether oxygens (including phenoxy) is 1. The quantitative estimate of drug-likeness (QED) is 0.875. The van der Waals surface area contributed by atoms with Crippen molar-refractivity contribution in [3.8, 4) is 0 Å². The fraction of sp³-hybridized carbons (Fsp3) is 0.333. The third-order valence-electron chi connectivity index (χ3n) is 2.87. The molecule has 0 saturated carbocycles. The molecule has 0 aliphatic rings. The molecule has 0 spiro atoms. The zero-order chi connectivity index (χ0) is 14.5. The van der Waals surface area contributed by atoms with Crippen molar-refractivity contribution in [1.82, 2.24) is 9.97 Å². The van der Waals surface area contributed by atoms with Crippen LogP contribution < -0.4 is 11.1 Å². The average molecular weight is 272 g/mol. The summed E-state index contributed by atoms with van der Waals surface area (Å²) in [5, 5.41) is 3.27. The summed E-state index contributed by atoms with van der Waals surface area (Å²) in [6.07, 6.45) is 0. The van der Waals surface area contributed by atoms with Crippen LogP contribution >= 0.6 is 0 Å². The predicted molar refractivity (Wildman–Crippen MR) is 81.0 cm³/mol. The first-order valence-corrected chi connectivity index (χ1v) is 6.64. The van der Waals surface area contributed by atoms with Gasteiger partial charge >= 0.3 is 0 Å². The molecule has 0 aliphatic carbocycles. The van der Waals surface area contributed by atoms with Crippen molar-refractivity contribution in [2.75, 3.05) is 17.7 Å². The molecule has 0 fully saturated rings. The van der Waals surface area contributed by atoms with E-state index in [2.05, 4.69) is 41.3 Å². The van der Waals surface area contributed by atoms with Crippen molar-refractivity contribution in [1.29, 1.82) is 0 Å². The Kier molecular flexibility index (Phi) is 4.53. The topological polar surface area (TPSA) is 73.1 Å². The second-order valence-corrected chi connectivity index (χ2v) is 4.67. The molecule has 5 heteroatoms. The molecular weight excluding hydrogens is 252 g/mol. The minimum atomic E-state index is 0.364. The summed E-state index contributed by atoms with van der Waals surface area (Å²) in [5.74, 6) is 1.69. The molecule has 1 aromatic carbocycles. The zero-order valence-corrected chi connectivity index (χ0v) is 12.1. The summed E-state index contributed by atoms with van der Waals surface area (Å²) in [4.78, 5) is 8.55. The molecule has 20 heavy (non-hydrogen) atoms. The van der Waals surface area contributed by atoms with Crippen LogP contribution in [0.15, 0.2) is 24.3 Å². The van der Waals surface area contributed by atoms with E-state index in [1.807, 2.05) is 13.0 Å². The normalized spacial score (nSPS) is 10.6. The minimum Gasteiger partial charge on any atom is -0.384 e. The van der Waals surface area contributed by atoms with Crippen LogP contribution in [0.1, 0.15) is 23.9 Å². The van der Waals surface area contributed by atoms with Gasteiger partial charge in [-0.3, -0.25) is 0 Å². The highest BCUT2D eigenvalue weighted by atomic mass is 16.5. The van der Waals surface area contributed by atoms with Gasteiger partial charge in [-0.05, 0) is 32.4 Å². The van der Waals surface area contributed by atoms with Crippen molar-refractivity contribution >= 4 is 17.3 Å². The number of benzene rings is 1. The van der Waals surface area contributed by atoms with Gasteiger partial charge in [-0.1, -0.05) is 17.7 Å². The smallest absolute Gasteiger partial charge is 0.158 e. The number of aromatic nitrogens is 2. The van der Waals surface area contributed by atoms with Gasteiger partial charge in [-0.15, -0.1) is 0 Å². The first-order chi connectivity index (χ1) is 9.58. The van der Waals surface area contributed by atoms with E-state index in [9.17, 15) is 0 Å². The van der Waals surface area contributed by atoms with Crippen molar-refractivity contribution in [3.63, 3.8) is 0 Å². The van der Waals surface area contributed by atoms with Crippen molar-refractivity contribution in [2.24, 2.45) is 0 Å². The van der Waals surface area contributed by atoms with E-state index >= 15 is 0 Å². The number of nitrogens with two attached hydrogens (primary N) is 1. The standard InChI is InChI=1S/C15H20N4O/c1-4-20-9-15-18-13(16)8-14(19-15)17-12-6-5-10(2)7-11(12)3/h5-8H,4,9H2,1-3H3,(H3,16,17,18,19). The van der Waals surface area contributed by atoms with E-state index in [4.69, 9.17) is 10.5 Å². The van der Waals surface area contributed by atoms with Gasteiger partial charge in [0.2, 0.25) is 0 Å². The van der Waals surface area contributed by atoms with Crippen LogP contribution in [0.3, 0.4) is 0 Å². The molecule has 0 aliphatic heterocycles. The third-order valence-corrected chi connectivity index (χ3v) is 2.87. The molecule has 1 heterocycles. The molecule has 2 aromatic rings. The lowest BCUT2D eigenvalue weighted by molar-refractivity contribution is 0.128. The van der Waals surface area contributed by atoms with Gasteiger partial charge in [0, 0.05) is 18.4 Å². The van der Waals surface area contributed by atoms with Gasteiger partial charge in [-0.2, -0.15) is 0 Å². The summed E-state index contributed by atoms with van der Waals surface area (Å²) in [6.45, 7) is 7.04. The molecule has 1 aromatic heterocycles. The van der Waals surface area contributed by atoms with Gasteiger partial charge in [0.1, 0.15) is 18.2 Å². The van der Waals surface area contributed by atoms with Gasteiger partial charge in [0.15, 0.2) is 5.82 Å². The molecule has 0 bridgehead atoms. The average Bonchev–Trinajstić information content (AvgIpc) is 2.39. The molecular formula is C15H20N4O. The van der Waals surface area contributed by atoms with Crippen molar-refractivity contribution < 1.29 is 4.74 Å². The van der Waals surface area contributed by atoms with Gasteiger partial charge in [0.05, 0.1) is 0 Å². The Labute approximate surface area is 119 Å². The van der Waals surface area contributed by atoms with E-state index in [1.54, 1.807) is 6.07 Å². The number of nitrogens with zero attached hydrogens (tertiary/aromatic N) is 2. The molecule has 0 unspecified atom stereocenters. The molecule has 5 nitrogen and oxygen atoms in total. The Hall–Kier alpha value is -2.14. The van der Waals surface area contributed by atoms with Gasteiger partial charge < -0.3 is 15.8 Å². The first-order valence-electron chi connectivity index (χ1n) is 6.64. The summed E-state index contributed by atoms with van der Waals surface area (Å²) in [6, 6.07) is 7.93. The van der Waals surface area contributed by atoms with Crippen LogP contribution in [0.2, 0.25) is 0 Å². The number of rotatable bonds is 5. The number of hydrogen-bond acceptors (Lipinski definition) is 5. The maximum Gasteiger partial charge on any atom is 0.158 e. The maximum atomic E-state index is 5.80. The summed E-state index contributed by atoms with van der Waals surface area (Å²) < 4.78 is 5.31. The molecule has 0 radical (unpaired) electrons. The summed E-state index contributed by atoms with van der Waals surface area (Å²) in [5.41, 5.74) is 9.20. The second-order valence-electron chi connectivity index (χ2n) is 4.67. The monoisotopic (exact) mass is 272 g/mol. The number of hydrogen-bond donors (Lipinski definition) is 2. The number of nitrogens with one attached hydrogen (secondary N) is 1. The first kappa shape index (κ1) is 14.3. The van der Waals surface area contributed by atoms with Crippen molar-refractivity contribution in [2.45, 2.75) is 27.4 Å². The highest BCUT2D eigenvalue weighted by molar-refractivity contribution is 5.62. The summed E-state index contributed by atoms with van der Waals surface area (Å²) >= 11 is 0. The minimum absolute atomic E-state index is 0.364. The third kappa shape index (κ3) is 3.68. The fourth-order valence-corrected chi connectivity index (χ4v) is 1.93. The lowest BCUT2D eigenvalue weighted by Crippen LogP contribution is -2.05. The predicted octanol–water partition coefficient (Wildman–Crippen LogP) is 2.96. The van der Waals surface area contributed by atoms with E-state index in [0.29, 0.717) is 30.7 Å². The Morgan fingerprint density at radius 1 is 1.20 bits per heavy atom. The Balaban J connectivity index is 2.21. The van der Waals surface area contributed by atoms with Gasteiger partial charge in [-0.25, -0.2) is 9.97 Å². The van der Waals surface area contributed by atoms with Crippen LogP contribution in [0, 0.1) is 13.8 Å².